The Hall–Kier alpha value is -2.67. The smallest absolute Gasteiger partial charge is 0.153 e. The lowest BCUT2D eigenvalue weighted by Gasteiger charge is -2.45. The number of aliphatic hydroxyl groups excluding tert-OH is 1. The molecule has 1 saturated heterocycles. The number of hydrogen-bond acceptors (Lipinski definition) is 6. The zero-order chi connectivity index (χ0) is 22.7. The Kier molecular flexibility index (Phi) is 6.49. The third kappa shape index (κ3) is 4.98. The first-order valence-corrected chi connectivity index (χ1v) is 12.0. The monoisotopic (exact) mass is 447 g/mol. The first kappa shape index (κ1) is 22.1. The van der Waals surface area contributed by atoms with E-state index in [0.717, 1.165) is 61.5 Å². The molecule has 5 rings (SSSR count). The fraction of sp³-hybridized carbons (Fsp3) is 0.444. The van der Waals surface area contributed by atoms with E-state index in [4.69, 9.17) is 9.25 Å². The van der Waals surface area contributed by atoms with Crippen molar-refractivity contribution in [2.24, 2.45) is 11.1 Å². The van der Waals surface area contributed by atoms with Gasteiger partial charge in [-0.25, -0.2) is 0 Å². The second kappa shape index (κ2) is 9.67. The van der Waals surface area contributed by atoms with Crippen LogP contribution in [0.1, 0.15) is 31.1 Å². The molecule has 2 fully saturated rings. The molecule has 1 atom stereocenters. The number of oxime groups is 1. The Labute approximate surface area is 195 Å². The lowest BCUT2D eigenvalue weighted by molar-refractivity contribution is 0.0159. The van der Waals surface area contributed by atoms with E-state index in [0.29, 0.717) is 6.54 Å². The van der Waals surface area contributed by atoms with Crippen molar-refractivity contribution in [2.45, 2.75) is 31.3 Å². The van der Waals surface area contributed by atoms with Crippen molar-refractivity contribution in [1.29, 1.82) is 0 Å². The Morgan fingerprint density at radius 2 is 1.88 bits per heavy atom. The molecular weight excluding hydrogens is 414 g/mol. The molecule has 0 amide bonds. The molecule has 2 heterocycles. The van der Waals surface area contributed by atoms with Crippen LogP contribution in [-0.4, -0.2) is 61.2 Å². The molecule has 3 aromatic rings. The summed E-state index contributed by atoms with van der Waals surface area (Å²) in [6.07, 6.45) is 1.40. The van der Waals surface area contributed by atoms with Gasteiger partial charge in [0.05, 0.1) is 0 Å². The lowest BCUT2D eigenvalue weighted by Crippen LogP contribution is -2.47. The highest BCUT2D eigenvalue weighted by atomic mass is 16.6. The maximum Gasteiger partial charge on any atom is 0.153 e. The van der Waals surface area contributed by atoms with Gasteiger partial charge < -0.3 is 19.7 Å². The van der Waals surface area contributed by atoms with E-state index in [9.17, 15) is 5.11 Å². The van der Waals surface area contributed by atoms with Crippen molar-refractivity contribution in [3.63, 3.8) is 0 Å². The van der Waals surface area contributed by atoms with Gasteiger partial charge >= 0.3 is 0 Å². The summed E-state index contributed by atoms with van der Waals surface area (Å²) in [5.41, 5.74) is 3.18. The molecule has 174 valence electrons. The van der Waals surface area contributed by atoms with Crippen LogP contribution in [-0.2, 0) is 10.3 Å². The van der Waals surface area contributed by atoms with E-state index in [-0.39, 0.29) is 17.9 Å². The molecule has 1 aliphatic heterocycles. The van der Waals surface area contributed by atoms with Gasteiger partial charge in [-0.05, 0) is 36.0 Å². The Balaban J connectivity index is 1.30. The summed E-state index contributed by atoms with van der Waals surface area (Å²) in [6, 6.07) is 20.7. The molecule has 1 aliphatic carbocycles. The molecule has 2 aromatic carbocycles. The van der Waals surface area contributed by atoms with Crippen molar-refractivity contribution >= 4 is 16.7 Å². The van der Waals surface area contributed by atoms with Crippen LogP contribution in [0.2, 0.25) is 0 Å². The Morgan fingerprint density at radius 1 is 1.15 bits per heavy atom. The number of para-hydroxylation sites is 1. The molecule has 6 nitrogen and oxygen atoms in total. The van der Waals surface area contributed by atoms with E-state index in [1.54, 1.807) is 0 Å². The summed E-state index contributed by atoms with van der Waals surface area (Å²) in [4.78, 5) is 7.97. The average Bonchev–Trinajstić information content (AvgIpc) is 3.25. The van der Waals surface area contributed by atoms with Gasteiger partial charge in [-0.15, -0.1) is 0 Å². The maximum atomic E-state index is 10.5. The number of β-amino-alcohol motifs (C(OH)–C–C–N with tert-alkyl or cyclic N) is 1. The summed E-state index contributed by atoms with van der Waals surface area (Å²) >= 11 is 0. The first-order valence-electron chi connectivity index (χ1n) is 12.0. The van der Waals surface area contributed by atoms with Gasteiger partial charge in [0.25, 0.3) is 0 Å². The molecule has 0 bridgehead atoms. The zero-order valence-corrected chi connectivity index (χ0v) is 19.2. The Morgan fingerprint density at radius 3 is 2.64 bits per heavy atom. The van der Waals surface area contributed by atoms with Crippen molar-refractivity contribution in [3.05, 3.63) is 72.0 Å². The fourth-order valence-corrected chi connectivity index (χ4v) is 5.16. The molecule has 6 heteroatoms. The number of fused-ring (bicyclic) bond motifs is 1. The van der Waals surface area contributed by atoms with Crippen molar-refractivity contribution in [3.8, 4) is 0 Å². The largest absolute Gasteiger partial charge is 0.455 e. The quantitative estimate of drug-likeness (QED) is 0.406. The van der Waals surface area contributed by atoms with Gasteiger partial charge in [0.15, 0.2) is 5.76 Å². The first-order chi connectivity index (χ1) is 16.1. The molecule has 0 radical (unpaired) electrons. The van der Waals surface area contributed by atoms with E-state index < -0.39 is 6.10 Å². The minimum absolute atomic E-state index is 0.126. The van der Waals surface area contributed by atoms with Gasteiger partial charge in [-0.1, -0.05) is 60.6 Å². The van der Waals surface area contributed by atoms with Crippen LogP contribution >= 0.6 is 0 Å². The van der Waals surface area contributed by atoms with Crippen LogP contribution in [0.25, 0.3) is 11.0 Å². The van der Waals surface area contributed by atoms with Crippen molar-refractivity contribution in [1.82, 2.24) is 10.2 Å². The van der Waals surface area contributed by atoms with Crippen LogP contribution < -0.4 is 5.32 Å². The third-order valence-electron chi connectivity index (χ3n) is 7.04. The summed E-state index contributed by atoms with van der Waals surface area (Å²) in [5, 5.41) is 19.4. The predicted molar refractivity (Wildman–Crippen MR) is 131 cm³/mol. The molecule has 1 unspecified atom stereocenters. The van der Waals surface area contributed by atoms with Crippen molar-refractivity contribution < 1.29 is 14.4 Å². The minimum atomic E-state index is -0.570. The lowest BCUT2D eigenvalue weighted by atomic mass is 9.58. The topological polar surface area (TPSA) is 70.2 Å². The van der Waals surface area contributed by atoms with Crippen LogP contribution in [0.3, 0.4) is 0 Å². The number of aliphatic hydroxyl groups is 1. The standard InChI is InChI=1S/C27H33N3O3/c1-27(22-8-3-2-4-9-22)16-21(17-27)26(25-15-20-7-5-6-10-24(20)33-25)29-32-19-23(31)18-30-13-11-28-12-14-30/h2-10,15,21,23,28,31H,11-14,16-19H2,1H3/b29-26-. The molecular formula is C27H33N3O3. The number of rotatable bonds is 8. The molecule has 2 aliphatic rings. The van der Waals surface area contributed by atoms with Gasteiger partial charge in [0, 0.05) is 44.0 Å². The zero-order valence-electron chi connectivity index (χ0n) is 19.2. The number of nitrogens with zero attached hydrogens (tertiary/aromatic N) is 2. The molecule has 33 heavy (non-hydrogen) atoms. The van der Waals surface area contributed by atoms with Gasteiger partial charge in [0.2, 0.25) is 0 Å². The maximum absolute atomic E-state index is 10.5. The van der Waals surface area contributed by atoms with Crippen LogP contribution in [0.15, 0.2) is 70.2 Å². The average molecular weight is 448 g/mol. The fourth-order valence-electron chi connectivity index (χ4n) is 5.16. The second-order valence-corrected chi connectivity index (χ2v) is 9.66. The SMILES string of the molecule is CC1(c2ccccc2)CC(/C(=N/OCC(O)CN2CCNCC2)c2cc3ccccc3o2)C1. The van der Waals surface area contributed by atoms with E-state index in [2.05, 4.69) is 52.6 Å². The minimum Gasteiger partial charge on any atom is -0.455 e. The molecule has 0 spiro atoms. The second-order valence-electron chi connectivity index (χ2n) is 9.66. The third-order valence-corrected chi connectivity index (χ3v) is 7.04. The highest BCUT2D eigenvalue weighted by Crippen LogP contribution is 2.49. The van der Waals surface area contributed by atoms with Crippen LogP contribution in [0, 0.1) is 5.92 Å². The normalized spacial score (nSPS) is 25.0. The number of hydrogen-bond donors (Lipinski definition) is 2. The van der Waals surface area contributed by atoms with Gasteiger partial charge in [-0.2, -0.15) is 0 Å². The number of furan rings is 1. The highest BCUT2D eigenvalue weighted by Gasteiger charge is 2.45. The summed E-state index contributed by atoms with van der Waals surface area (Å²) in [6.45, 7) is 6.92. The number of piperazine rings is 1. The summed E-state index contributed by atoms with van der Waals surface area (Å²) < 4.78 is 6.15. The Bertz CT molecular complexity index is 1050. The van der Waals surface area contributed by atoms with E-state index >= 15 is 0 Å². The number of nitrogens with one attached hydrogen (secondary N) is 1. The molecule has 1 saturated carbocycles. The highest BCUT2D eigenvalue weighted by molar-refractivity contribution is 6.03. The predicted octanol–water partition coefficient (Wildman–Crippen LogP) is 3.79. The summed E-state index contributed by atoms with van der Waals surface area (Å²) in [5.74, 6) is 1.01. The van der Waals surface area contributed by atoms with Crippen LogP contribution in [0.5, 0.6) is 0 Å². The van der Waals surface area contributed by atoms with Gasteiger partial charge in [-0.3, -0.25) is 4.90 Å². The molecule has 2 N–H and O–H groups in total. The van der Waals surface area contributed by atoms with E-state index in [1.807, 2.05) is 30.3 Å². The van der Waals surface area contributed by atoms with Gasteiger partial charge in [0.1, 0.15) is 24.0 Å². The van der Waals surface area contributed by atoms with Crippen LogP contribution in [0.4, 0.5) is 0 Å². The number of benzene rings is 2. The van der Waals surface area contributed by atoms with E-state index in [1.165, 1.54) is 5.56 Å². The molecule has 1 aromatic heterocycles. The van der Waals surface area contributed by atoms with Crippen molar-refractivity contribution in [2.75, 3.05) is 39.3 Å². The summed E-state index contributed by atoms with van der Waals surface area (Å²) in [7, 11) is 0.